The molecule has 9 heteroatoms. The number of benzene rings is 1. The van der Waals surface area contributed by atoms with Crippen LogP contribution in [-0.2, 0) is 22.6 Å². The first-order valence-electron chi connectivity index (χ1n) is 10.3. The molecule has 7 nitrogen and oxygen atoms in total. The number of hydrogen-bond donors (Lipinski definition) is 2. The van der Waals surface area contributed by atoms with Gasteiger partial charge in [0.15, 0.2) is 11.0 Å². The lowest BCUT2D eigenvalue weighted by atomic mass is 9.88. The van der Waals surface area contributed by atoms with E-state index < -0.39 is 11.2 Å². The molecule has 0 saturated carbocycles. The third-order valence-corrected chi connectivity index (χ3v) is 7.29. The van der Waals surface area contributed by atoms with Crippen LogP contribution in [-0.4, -0.2) is 37.0 Å². The molecule has 0 bridgehead atoms. The Hall–Kier alpha value is -2.65. The smallest absolute Gasteiger partial charge is 0.305 e. The van der Waals surface area contributed by atoms with E-state index in [0.717, 1.165) is 24.1 Å². The first-order valence-corrected chi connectivity index (χ1v) is 12.0. The van der Waals surface area contributed by atoms with Gasteiger partial charge in [-0.25, -0.2) is 0 Å². The number of aromatic nitrogens is 3. The number of thiophene rings is 1. The summed E-state index contributed by atoms with van der Waals surface area (Å²) in [7, 11) is 0. The van der Waals surface area contributed by atoms with Crippen LogP contribution in [0.1, 0.15) is 43.4 Å². The standard InChI is InChI=1S/C22H24N4O3S2/c1-14(21(29)23-17-9-4-7-15-6-2-3-8-16(15)17)31-22-25-24-20(18-10-5-13-30-18)26(22)12-11-19(27)28/h2-3,5-6,8,10,13-14,17H,4,7,9,11-12H2,1H3,(H,23,29)(H,27,28). The van der Waals surface area contributed by atoms with Gasteiger partial charge in [0.1, 0.15) is 0 Å². The van der Waals surface area contributed by atoms with E-state index in [9.17, 15) is 9.59 Å². The first-order chi connectivity index (χ1) is 15.0. The Morgan fingerprint density at radius 3 is 2.90 bits per heavy atom. The molecule has 2 aromatic heterocycles. The number of rotatable bonds is 8. The fourth-order valence-electron chi connectivity index (χ4n) is 3.78. The van der Waals surface area contributed by atoms with Gasteiger partial charge in [-0.05, 0) is 48.8 Å². The first kappa shape index (κ1) is 21.6. The summed E-state index contributed by atoms with van der Waals surface area (Å²) in [6, 6.07) is 12.1. The molecule has 2 unspecified atom stereocenters. The Kier molecular flexibility index (Phi) is 6.72. The molecule has 2 N–H and O–H groups in total. The number of carboxylic acids is 1. The number of carbonyl (C=O) groups is 2. The van der Waals surface area contributed by atoms with Gasteiger partial charge in [-0.2, -0.15) is 0 Å². The molecule has 0 fully saturated rings. The van der Waals surface area contributed by atoms with Crippen molar-refractivity contribution >= 4 is 35.0 Å². The Bertz CT molecular complexity index is 1060. The molecule has 0 spiro atoms. The third-order valence-electron chi connectivity index (χ3n) is 5.35. The fourth-order valence-corrected chi connectivity index (χ4v) is 5.38. The van der Waals surface area contributed by atoms with Gasteiger partial charge in [0.05, 0.1) is 22.6 Å². The van der Waals surface area contributed by atoms with Crippen molar-refractivity contribution in [3.63, 3.8) is 0 Å². The number of carboxylic acid groups (broad SMARTS) is 1. The van der Waals surface area contributed by atoms with Crippen LogP contribution in [0.4, 0.5) is 0 Å². The van der Waals surface area contributed by atoms with Gasteiger partial charge in [-0.1, -0.05) is 42.1 Å². The molecule has 1 amide bonds. The van der Waals surface area contributed by atoms with Crippen molar-refractivity contribution in [1.29, 1.82) is 0 Å². The van der Waals surface area contributed by atoms with E-state index >= 15 is 0 Å². The van der Waals surface area contributed by atoms with E-state index in [4.69, 9.17) is 5.11 Å². The van der Waals surface area contributed by atoms with Crippen molar-refractivity contribution in [3.05, 3.63) is 52.9 Å². The van der Waals surface area contributed by atoms with Gasteiger partial charge in [-0.3, -0.25) is 9.59 Å². The zero-order valence-electron chi connectivity index (χ0n) is 17.2. The molecule has 3 aromatic rings. The average molecular weight is 457 g/mol. The fraction of sp³-hybridized carbons (Fsp3) is 0.364. The maximum absolute atomic E-state index is 13.0. The molecule has 4 rings (SSSR count). The highest BCUT2D eigenvalue weighted by Crippen LogP contribution is 2.32. The Morgan fingerprint density at radius 1 is 1.29 bits per heavy atom. The third kappa shape index (κ3) is 4.99. The predicted octanol–water partition coefficient (Wildman–Crippen LogP) is 4.16. The van der Waals surface area contributed by atoms with Crippen molar-refractivity contribution < 1.29 is 14.7 Å². The molecule has 1 aliphatic carbocycles. The number of fused-ring (bicyclic) bond motifs is 1. The minimum Gasteiger partial charge on any atom is -0.481 e. The molecule has 1 aliphatic rings. The van der Waals surface area contributed by atoms with Gasteiger partial charge < -0.3 is 15.0 Å². The van der Waals surface area contributed by atoms with Gasteiger partial charge in [0.25, 0.3) is 0 Å². The van der Waals surface area contributed by atoms with Crippen LogP contribution in [0.15, 0.2) is 46.9 Å². The van der Waals surface area contributed by atoms with Crippen LogP contribution < -0.4 is 5.32 Å². The number of aryl methyl sites for hydroxylation is 1. The van der Waals surface area contributed by atoms with Gasteiger partial charge >= 0.3 is 5.97 Å². The average Bonchev–Trinajstić information content (AvgIpc) is 3.42. The molecule has 31 heavy (non-hydrogen) atoms. The number of thioether (sulfide) groups is 1. The summed E-state index contributed by atoms with van der Waals surface area (Å²) in [6.45, 7) is 2.10. The lowest BCUT2D eigenvalue weighted by Crippen LogP contribution is -2.36. The van der Waals surface area contributed by atoms with E-state index in [0.29, 0.717) is 11.0 Å². The highest BCUT2D eigenvalue weighted by Gasteiger charge is 2.26. The van der Waals surface area contributed by atoms with E-state index in [1.807, 2.05) is 36.6 Å². The van der Waals surface area contributed by atoms with Gasteiger partial charge in [-0.15, -0.1) is 21.5 Å². The van der Waals surface area contributed by atoms with Gasteiger partial charge in [0, 0.05) is 6.54 Å². The van der Waals surface area contributed by atoms with E-state index in [-0.39, 0.29) is 24.9 Å². The number of aliphatic carboxylic acids is 1. The zero-order chi connectivity index (χ0) is 21.8. The summed E-state index contributed by atoms with van der Waals surface area (Å²) in [5.74, 6) is -0.312. The molecular weight excluding hydrogens is 432 g/mol. The van der Waals surface area contributed by atoms with Crippen molar-refractivity contribution in [2.45, 2.75) is 55.6 Å². The normalized spacial score (nSPS) is 16.5. The number of nitrogens with one attached hydrogen (secondary N) is 1. The highest BCUT2D eigenvalue weighted by molar-refractivity contribution is 8.00. The Morgan fingerprint density at radius 2 is 2.13 bits per heavy atom. The zero-order valence-corrected chi connectivity index (χ0v) is 18.8. The number of amides is 1. The molecule has 2 atom stereocenters. The van der Waals surface area contributed by atoms with Crippen LogP contribution in [0.25, 0.3) is 10.7 Å². The molecule has 162 valence electrons. The molecule has 0 radical (unpaired) electrons. The van der Waals surface area contributed by atoms with Crippen LogP contribution >= 0.6 is 23.1 Å². The van der Waals surface area contributed by atoms with Crippen LogP contribution in [0, 0.1) is 0 Å². The molecule has 1 aromatic carbocycles. The van der Waals surface area contributed by atoms with Crippen molar-refractivity contribution in [2.75, 3.05) is 0 Å². The van der Waals surface area contributed by atoms with Crippen molar-refractivity contribution in [1.82, 2.24) is 20.1 Å². The van der Waals surface area contributed by atoms with Crippen LogP contribution in [0.5, 0.6) is 0 Å². The summed E-state index contributed by atoms with van der Waals surface area (Å²) in [6.07, 6.45) is 2.99. The summed E-state index contributed by atoms with van der Waals surface area (Å²) < 4.78 is 1.80. The Labute approximate surface area is 188 Å². The van der Waals surface area contributed by atoms with Crippen molar-refractivity contribution in [3.8, 4) is 10.7 Å². The minimum atomic E-state index is -0.886. The number of nitrogens with zero attached hydrogens (tertiary/aromatic N) is 3. The maximum atomic E-state index is 13.0. The summed E-state index contributed by atoms with van der Waals surface area (Å²) in [5.41, 5.74) is 2.50. The molecule has 2 heterocycles. The quantitative estimate of drug-likeness (QED) is 0.494. The highest BCUT2D eigenvalue weighted by atomic mass is 32.2. The lowest BCUT2D eigenvalue weighted by molar-refractivity contribution is -0.137. The number of carbonyl (C=O) groups excluding carboxylic acids is 1. The molecule has 0 aliphatic heterocycles. The lowest BCUT2D eigenvalue weighted by Gasteiger charge is -2.27. The Balaban J connectivity index is 1.48. The largest absolute Gasteiger partial charge is 0.481 e. The van der Waals surface area contributed by atoms with Crippen LogP contribution in [0.3, 0.4) is 0 Å². The topological polar surface area (TPSA) is 97.1 Å². The molecular formula is C22H24N4O3S2. The summed E-state index contributed by atoms with van der Waals surface area (Å²) in [5, 5.41) is 23.0. The molecule has 0 saturated heterocycles. The minimum absolute atomic E-state index is 0.0204. The number of hydrogen-bond acceptors (Lipinski definition) is 6. The maximum Gasteiger partial charge on any atom is 0.305 e. The SMILES string of the molecule is CC(Sc1nnc(-c2cccs2)n1CCC(=O)O)C(=O)NC1CCCc2ccccc21. The second kappa shape index (κ2) is 9.65. The predicted molar refractivity (Wildman–Crippen MR) is 121 cm³/mol. The van der Waals surface area contributed by atoms with E-state index in [1.165, 1.54) is 34.2 Å². The monoisotopic (exact) mass is 456 g/mol. The van der Waals surface area contributed by atoms with E-state index in [1.54, 1.807) is 4.57 Å². The van der Waals surface area contributed by atoms with Crippen molar-refractivity contribution in [2.24, 2.45) is 0 Å². The second-order valence-corrected chi connectivity index (χ2v) is 9.75. The second-order valence-electron chi connectivity index (χ2n) is 7.49. The summed E-state index contributed by atoms with van der Waals surface area (Å²) in [4.78, 5) is 25.0. The summed E-state index contributed by atoms with van der Waals surface area (Å²) >= 11 is 2.83. The van der Waals surface area contributed by atoms with E-state index in [2.05, 4.69) is 27.6 Å². The van der Waals surface area contributed by atoms with Crippen LogP contribution in [0.2, 0.25) is 0 Å². The van der Waals surface area contributed by atoms with Gasteiger partial charge in [0.2, 0.25) is 5.91 Å².